The van der Waals surface area contributed by atoms with Crippen molar-refractivity contribution in [1.29, 1.82) is 0 Å². The Morgan fingerprint density at radius 2 is 2.06 bits per heavy atom. The van der Waals surface area contributed by atoms with Gasteiger partial charge in [0.2, 0.25) is 0 Å². The van der Waals surface area contributed by atoms with Crippen molar-refractivity contribution in [2.75, 3.05) is 11.1 Å². The molecule has 1 aliphatic rings. The van der Waals surface area contributed by atoms with E-state index in [2.05, 4.69) is 10.3 Å². The summed E-state index contributed by atoms with van der Waals surface area (Å²) in [7, 11) is -3.16. The van der Waals surface area contributed by atoms with E-state index in [1.54, 1.807) is 19.2 Å². The predicted molar refractivity (Wildman–Crippen MR) is 67.8 cm³/mol. The summed E-state index contributed by atoms with van der Waals surface area (Å²) in [5.41, 5.74) is 0.812. The maximum atomic E-state index is 11.7. The molecule has 0 radical (unpaired) electrons. The monoisotopic (exact) mass is 254 g/mol. The summed E-state index contributed by atoms with van der Waals surface area (Å²) in [6.07, 6.45) is 7.91. The largest absolute Gasteiger partial charge is 0.381 e. The van der Waals surface area contributed by atoms with E-state index in [-0.39, 0.29) is 5.75 Å². The van der Waals surface area contributed by atoms with Gasteiger partial charge in [0.05, 0.1) is 22.5 Å². The summed E-state index contributed by atoms with van der Waals surface area (Å²) in [6, 6.07) is 2.15. The van der Waals surface area contributed by atoms with Gasteiger partial charge >= 0.3 is 0 Å². The molecule has 0 bridgehead atoms. The summed E-state index contributed by atoms with van der Waals surface area (Å²) in [5.74, 6) is 0.113. The van der Waals surface area contributed by atoms with E-state index < -0.39 is 9.84 Å². The topological polar surface area (TPSA) is 59.1 Å². The van der Waals surface area contributed by atoms with Crippen LogP contribution in [0.3, 0.4) is 0 Å². The molecule has 0 saturated heterocycles. The Hall–Kier alpha value is -1.10. The third-order valence-corrected chi connectivity index (χ3v) is 4.88. The van der Waals surface area contributed by atoms with Gasteiger partial charge in [-0.2, -0.15) is 0 Å². The highest BCUT2D eigenvalue weighted by molar-refractivity contribution is 7.91. The lowest BCUT2D eigenvalue weighted by atomic mass is 10.2. The summed E-state index contributed by atoms with van der Waals surface area (Å²) in [6.45, 7) is 1.65. The Morgan fingerprint density at radius 3 is 2.71 bits per heavy atom. The van der Waals surface area contributed by atoms with Gasteiger partial charge in [0.25, 0.3) is 0 Å². The highest BCUT2D eigenvalue weighted by Gasteiger charge is 2.16. The number of hydrogen-bond donors (Lipinski definition) is 1. The molecular weight excluding hydrogens is 236 g/mol. The van der Waals surface area contributed by atoms with Crippen molar-refractivity contribution in [2.24, 2.45) is 0 Å². The van der Waals surface area contributed by atoms with E-state index in [1.165, 1.54) is 19.0 Å². The fraction of sp³-hybridized carbons (Fsp3) is 0.583. The molecule has 0 unspecified atom stereocenters. The number of nitrogens with one attached hydrogen (secondary N) is 1. The molecule has 0 spiro atoms. The quantitative estimate of drug-likeness (QED) is 0.895. The van der Waals surface area contributed by atoms with Crippen LogP contribution in [0.15, 0.2) is 23.4 Å². The molecule has 1 N–H and O–H groups in total. The minimum atomic E-state index is -3.16. The van der Waals surface area contributed by atoms with Crippen LogP contribution in [0.25, 0.3) is 0 Å². The first kappa shape index (κ1) is 12.4. The second-order valence-electron chi connectivity index (χ2n) is 4.44. The molecule has 2 rings (SSSR count). The molecule has 4 nitrogen and oxygen atoms in total. The standard InChI is InChI=1S/C12H18N2O2S/c1-2-17(15,16)12-7-11(8-13-9-12)14-10-5-3-4-6-10/h7-10,14H,2-6H2,1H3. The third kappa shape index (κ3) is 2.97. The Balaban J connectivity index is 2.16. The first-order valence-electron chi connectivity index (χ1n) is 6.06. The number of aromatic nitrogens is 1. The Bertz CT molecular complexity index is 479. The first-order valence-corrected chi connectivity index (χ1v) is 7.71. The lowest BCUT2D eigenvalue weighted by Crippen LogP contribution is -2.15. The second kappa shape index (κ2) is 5.04. The summed E-state index contributed by atoms with van der Waals surface area (Å²) in [5, 5.41) is 3.35. The van der Waals surface area contributed by atoms with Gasteiger partial charge in [0.1, 0.15) is 0 Å². The number of pyridine rings is 1. The Kier molecular flexibility index (Phi) is 3.66. The van der Waals surface area contributed by atoms with Gasteiger partial charge in [-0.05, 0) is 18.9 Å². The molecule has 5 heteroatoms. The molecule has 1 aromatic heterocycles. The van der Waals surface area contributed by atoms with Crippen LogP contribution in [0, 0.1) is 0 Å². The smallest absolute Gasteiger partial charge is 0.179 e. The zero-order chi connectivity index (χ0) is 12.3. The molecule has 0 aromatic carbocycles. The van der Waals surface area contributed by atoms with Crippen LogP contribution in [-0.2, 0) is 9.84 Å². The van der Waals surface area contributed by atoms with Crippen molar-refractivity contribution in [3.8, 4) is 0 Å². The van der Waals surface area contributed by atoms with E-state index in [4.69, 9.17) is 0 Å². The van der Waals surface area contributed by atoms with Crippen molar-refractivity contribution >= 4 is 15.5 Å². The fourth-order valence-electron chi connectivity index (χ4n) is 2.14. The molecule has 1 fully saturated rings. The summed E-state index contributed by atoms with van der Waals surface area (Å²) >= 11 is 0. The van der Waals surface area contributed by atoms with Crippen molar-refractivity contribution in [1.82, 2.24) is 4.98 Å². The maximum Gasteiger partial charge on any atom is 0.179 e. The first-order chi connectivity index (χ1) is 8.12. The lowest BCUT2D eigenvalue weighted by molar-refractivity contribution is 0.597. The van der Waals surface area contributed by atoms with Gasteiger partial charge in [-0.15, -0.1) is 0 Å². The number of hydrogen-bond acceptors (Lipinski definition) is 4. The van der Waals surface area contributed by atoms with Crippen LogP contribution in [0.5, 0.6) is 0 Å². The van der Waals surface area contributed by atoms with Crippen molar-refractivity contribution in [3.05, 3.63) is 18.5 Å². The maximum absolute atomic E-state index is 11.7. The van der Waals surface area contributed by atoms with Crippen LogP contribution >= 0.6 is 0 Å². The Morgan fingerprint density at radius 1 is 1.35 bits per heavy atom. The van der Waals surface area contributed by atoms with Gasteiger partial charge in [0.15, 0.2) is 9.84 Å². The minimum absolute atomic E-state index is 0.113. The Labute approximate surface area is 102 Å². The average molecular weight is 254 g/mol. The number of nitrogens with zero attached hydrogens (tertiary/aromatic N) is 1. The van der Waals surface area contributed by atoms with Crippen LogP contribution < -0.4 is 5.32 Å². The van der Waals surface area contributed by atoms with E-state index in [1.807, 2.05) is 0 Å². The van der Waals surface area contributed by atoms with E-state index >= 15 is 0 Å². The SMILES string of the molecule is CCS(=O)(=O)c1cncc(NC2CCCC2)c1. The predicted octanol–water partition coefficient (Wildman–Crippen LogP) is 2.23. The number of anilines is 1. The normalized spacial score (nSPS) is 17.2. The van der Waals surface area contributed by atoms with E-state index in [0.29, 0.717) is 10.9 Å². The zero-order valence-corrected chi connectivity index (χ0v) is 10.8. The van der Waals surface area contributed by atoms with E-state index in [9.17, 15) is 8.42 Å². The molecule has 0 amide bonds. The number of rotatable bonds is 4. The van der Waals surface area contributed by atoms with Crippen LogP contribution in [-0.4, -0.2) is 25.2 Å². The molecule has 1 aromatic rings. The highest BCUT2D eigenvalue weighted by Crippen LogP contribution is 2.23. The molecular formula is C12H18N2O2S. The second-order valence-corrected chi connectivity index (χ2v) is 6.72. The highest BCUT2D eigenvalue weighted by atomic mass is 32.2. The molecule has 0 atom stereocenters. The van der Waals surface area contributed by atoms with Gasteiger partial charge in [-0.3, -0.25) is 4.98 Å². The fourth-order valence-corrected chi connectivity index (χ4v) is 3.00. The third-order valence-electron chi connectivity index (χ3n) is 3.18. The molecule has 1 heterocycles. The van der Waals surface area contributed by atoms with Gasteiger partial charge < -0.3 is 5.32 Å². The summed E-state index contributed by atoms with van der Waals surface area (Å²) in [4.78, 5) is 4.31. The van der Waals surface area contributed by atoms with Gasteiger partial charge in [-0.25, -0.2) is 8.42 Å². The van der Waals surface area contributed by atoms with Crippen molar-refractivity contribution in [2.45, 2.75) is 43.5 Å². The van der Waals surface area contributed by atoms with Gasteiger partial charge in [0, 0.05) is 12.2 Å². The molecule has 1 saturated carbocycles. The van der Waals surface area contributed by atoms with Crippen molar-refractivity contribution < 1.29 is 8.42 Å². The number of sulfone groups is 1. The lowest BCUT2D eigenvalue weighted by Gasteiger charge is -2.13. The zero-order valence-electron chi connectivity index (χ0n) is 10.0. The van der Waals surface area contributed by atoms with Gasteiger partial charge in [-0.1, -0.05) is 19.8 Å². The molecule has 94 valence electrons. The van der Waals surface area contributed by atoms with E-state index in [0.717, 1.165) is 18.5 Å². The molecule has 1 aliphatic carbocycles. The minimum Gasteiger partial charge on any atom is -0.381 e. The average Bonchev–Trinajstić information content (AvgIpc) is 2.82. The summed E-state index contributed by atoms with van der Waals surface area (Å²) < 4.78 is 23.4. The molecule has 17 heavy (non-hydrogen) atoms. The van der Waals surface area contributed by atoms with Crippen molar-refractivity contribution in [3.63, 3.8) is 0 Å². The molecule has 0 aliphatic heterocycles. The van der Waals surface area contributed by atoms with Crippen LogP contribution in [0.1, 0.15) is 32.6 Å². The van der Waals surface area contributed by atoms with Crippen LogP contribution in [0.4, 0.5) is 5.69 Å². The van der Waals surface area contributed by atoms with Crippen LogP contribution in [0.2, 0.25) is 0 Å².